The quantitative estimate of drug-likeness (QED) is 0.808. The van der Waals surface area contributed by atoms with Gasteiger partial charge in [-0.15, -0.1) is 0 Å². The molecule has 0 saturated heterocycles. The number of pyridine rings is 1. The van der Waals surface area contributed by atoms with E-state index in [0.717, 1.165) is 0 Å². The van der Waals surface area contributed by atoms with E-state index < -0.39 is 0 Å². The predicted octanol–water partition coefficient (Wildman–Crippen LogP) is 0.801. The number of carbonyl (C=O) groups excluding carboxylic acids is 1. The average molecular weight is 270 g/mol. The highest BCUT2D eigenvalue weighted by Gasteiger charge is 2.13. The zero-order chi connectivity index (χ0) is 14.4. The minimum absolute atomic E-state index is 0.0101. The number of nitrogens with zero attached hydrogens (tertiary/aromatic N) is 3. The number of hydrogen-bond donors (Lipinski definition) is 2. The summed E-state index contributed by atoms with van der Waals surface area (Å²) in [4.78, 5) is 16.2. The number of amides is 1. The van der Waals surface area contributed by atoms with Crippen LogP contribution in [0.15, 0.2) is 30.6 Å². The number of carbonyl (C=O) groups is 1. The first-order chi connectivity index (χ1) is 9.72. The van der Waals surface area contributed by atoms with Crippen molar-refractivity contribution >= 4 is 11.7 Å². The standard InChI is InChI=1S/C14H14N4O2/c1-18-12(7-9-16-18)17-14(20)13-11(5-2-3-10-19)6-4-8-15-13/h4,6-9,19H,3,10H2,1H3,(H,17,20). The Balaban J connectivity index is 2.22. The Labute approximate surface area is 116 Å². The van der Waals surface area contributed by atoms with E-state index in [-0.39, 0.29) is 18.2 Å². The molecule has 2 aromatic heterocycles. The monoisotopic (exact) mass is 270 g/mol. The molecule has 2 aromatic rings. The lowest BCUT2D eigenvalue weighted by molar-refractivity contribution is 0.102. The molecule has 0 unspecified atom stereocenters. The molecular formula is C14H14N4O2. The molecule has 6 heteroatoms. The smallest absolute Gasteiger partial charge is 0.276 e. The Morgan fingerprint density at radius 1 is 1.45 bits per heavy atom. The minimum atomic E-state index is -0.345. The number of anilines is 1. The van der Waals surface area contributed by atoms with Crippen molar-refractivity contribution in [3.8, 4) is 11.8 Å². The lowest BCUT2D eigenvalue weighted by Gasteiger charge is -2.05. The molecule has 0 aliphatic heterocycles. The largest absolute Gasteiger partial charge is 0.395 e. The normalized spacial score (nSPS) is 9.70. The van der Waals surface area contributed by atoms with E-state index in [1.165, 1.54) is 6.20 Å². The number of aryl methyl sites for hydroxylation is 1. The van der Waals surface area contributed by atoms with Crippen LogP contribution in [0.2, 0.25) is 0 Å². The molecule has 102 valence electrons. The summed E-state index contributed by atoms with van der Waals surface area (Å²) in [5.74, 6) is 5.85. The molecule has 20 heavy (non-hydrogen) atoms. The maximum atomic E-state index is 12.2. The summed E-state index contributed by atoms with van der Waals surface area (Å²) >= 11 is 0. The molecule has 6 nitrogen and oxygen atoms in total. The van der Waals surface area contributed by atoms with E-state index in [1.807, 2.05) is 0 Å². The van der Waals surface area contributed by atoms with E-state index in [1.54, 1.807) is 36.1 Å². The third kappa shape index (κ3) is 3.22. The lowest BCUT2D eigenvalue weighted by atomic mass is 10.2. The molecule has 0 bridgehead atoms. The third-order valence-electron chi connectivity index (χ3n) is 2.55. The van der Waals surface area contributed by atoms with Crippen LogP contribution in [-0.2, 0) is 7.05 Å². The van der Waals surface area contributed by atoms with Gasteiger partial charge in [0.05, 0.1) is 18.4 Å². The van der Waals surface area contributed by atoms with Gasteiger partial charge in [-0.3, -0.25) is 9.48 Å². The zero-order valence-corrected chi connectivity index (χ0v) is 11.0. The highest BCUT2D eigenvalue weighted by molar-refractivity contribution is 6.04. The van der Waals surface area contributed by atoms with Crippen molar-refractivity contribution in [2.24, 2.45) is 7.05 Å². The number of hydrogen-bond acceptors (Lipinski definition) is 4. The summed E-state index contributed by atoms with van der Waals surface area (Å²) in [7, 11) is 1.73. The Hall–Kier alpha value is -2.65. The van der Waals surface area contributed by atoms with Crippen LogP contribution in [0.5, 0.6) is 0 Å². The lowest BCUT2D eigenvalue weighted by Crippen LogP contribution is -2.17. The fraction of sp³-hybridized carbons (Fsp3) is 0.214. The zero-order valence-electron chi connectivity index (χ0n) is 11.0. The van der Waals surface area contributed by atoms with E-state index in [2.05, 4.69) is 27.2 Å². The van der Waals surface area contributed by atoms with Gasteiger partial charge >= 0.3 is 0 Å². The molecule has 0 spiro atoms. The molecule has 0 aliphatic rings. The van der Waals surface area contributed by atoms with Crippen molar-refractivity contribution in [1.29, 1.82) is 0 Å². The van der Waals surface area contributed by atoms with E-state index in [0.29, 0.717) is 17.8 Å². The fourth-order valence-electron chi connectivity index (χ4n) is 1.57. The van der Waals surface area contributed by atoms with Gasteiger partial charge in [-0.05, 0) is 12.1 Å². The fourth-order valence-corrected chi connectivity index (χ4v) is 1.57. The molecule has 0 radical (unpaired) electrons. The van der Waals surface area contributed by atoms with Crippen molar-refractivity contribution in [2.45, 2.75) is 6.42 Å². The Morgan fingerprint density at radius 3 is 3.00 bits per heavy atom. The van der Waals surface area contributed by atoms with Crippen LogP contribution in [0.25, 0.3) is 0 Å². The predicted molar refractivity (Wildman–Crippen MR) is 74.0 cm³/mol. The molecule has 0 atom stereocenters. The van der Waals surface area contributed by atoms with E-state index >= 15 is 0 Å². The first-order valence-electron chi connectivity index (χ1n) is 6.06. The second-order valence-corrected chi connectivity index (χ2v) is 3.97. The molecule has 0 saturated carbocycles. The van der Waals surface area contributed by atoms with Crippen LogP contribution in [0.3, 0.4) is 0 Å². The maximum Gasteiger partial charge on any atom is 0.276 e. The Bertz CT molecular complexity index is 667. The van der Waals surface area contributed by atoms with Crippen molar-refractivity contribution in [2.75, 3.05) is 11.9 Å². The summed E-state index contributed by atoms with van der Waals surface area (Å²) in [6, 6.07) is 5.12. The summed E-state index contributed by atoms with van der Waals surface area (Å²) < 4.78 is 1.55. The summed E-state index contributed by atoms with van der Waals surface area (Å²) in [6.07, 6.45) is 3.49. The molecule has 1 amide bonds. The van der Waals surface area contributed by atoms with Crippen molar-refractivity contribution < 1.29 is 9.90 Å². The first kappa shape index (κ1) is 13.8. The SMILES string of the molecule is Cn1nccc1NC(=O)c1ncccc1C#CCCO. The topological polar surface area (TPSA) is 80.0 Å². The van der Waals surface area contributed by atoms with Gasteiger partial charge in [0, 0.05) is 25.7 Å². The molecule has 0 aliphatic carbocycles. The van der Waals surface area contributed by atoms with Gasteiger partial charge in [-0.2, -0.15) is 5.10 Å². The summed E-state index contributed by atoms with van der Waals surface area (Å²) in [6.45, 7) is -0.0101. The average Bonchev–Trinajstić information content (AvgIpc) is 2.85. The number of aliphatic hydroxyl groups excluding tert-OH is 1. The van der Waals surface area contributed by atoms with E-state index in [4.69, 9.17) is 5.11 Å². The highest BCUT2D eigenvalue weighted by Crippen LogP contribution is 2.09. The second-order valence-electron chi connectivity index (χ2n) is 3.97. The molecule has 2 rings (SSSR count). The van der Waals surface area contributed by atoms with Crippen molar-refractivity contribution in [3.05, 3.63) is 41.9 Å². The Morgan fingerprint density at radius 2 is 2.30 bits per heavy atom. The summed E-state index contributed by atoms with van der Waals surface area (Å²) in [5.41, 5.74) is 0.778. The summed E-state index contributed by atoms with van der Waals surface area (Å²) in [5, 5.41) is 15.4. The minimum Gasteiger partial charge on any atom is -0.395 e. The first-order valence-corrected chi connectivity index (χ1v) is 6.06. The maximum absolute atomic E-state index is 12.2. The van der Waals surface area contributed by atoms with Gasteiger partial charge in [0.1, 0.15) is 11.5 Å². The number of aliphatic hydroxyl groups is 1. The van der Waals surface area contributed by atoms with Gasteiger partial charge in [0.25, 0.3) is 5.91 Å². The van der Waals surface area contributed by atoms with Crippen LogP contribution in [0, 0.1) is 11.8 Å². The van der Waals surface area contributed by atoms with Crippen LogP contribution >= 0.6 is 0 Å². The molecule has 2 heterocycles. The van der Waals surface area contributed by atoms with Crippen LogP contribution in [-0.4, -0.2) is 32.4 Å². The molecule has 2 N–H and O–H groups in total. The van der Waals surface area contributed by atoms with Gasteiger partial charge < -0.3 is 10.4 Å². The van der Waals surface area contributed by atoms with Gasteiger partial charge in [0.2, 0.25) is 0 Å². The van der Waals surface area contributed by atoms with Crippen molar-refractivity contribution in [3.63, 3.8) is 0 Å². The number of rotatable bonds is 3. The third-order valence-corrected chi connectivity index (χ3v) is 2.55. The molecule has 0 fully saturated rings. The highest BCUT2D eigenvalue weighted by atomic mass is 16.2. The van der Waals surface area contributed by atoms with Gasteiger partial charge in [-0.1, -0.05) is 11.8 Å². The number of nitrogens with one attached hydrogen (secondary N) is 1. The van der Waals surface area contributed by atoms with Gasteiger partial charge in [-0.25, -0.2) is 4.98 Å². The second kappa shape index (κ2) is 6.50. The van der Waals surface area contributed by atoms with Crippen LogP contribution < -0.4 is 5.32 Å². The Kier molecular flexibility index (Phi) is 4.47. The van der Waals surface area contributed by atoms with Crippen LogP contribution in [0.1, 0.15) is 22.5 Å². The molecular weight excluding hydrogens is 256 g/mol. The van der Waals surface area contributed by atoms with Crippen LogP contribution in [0.4, 0.5) is 5.82 Å². The molecule has 0 aromatic carbocycles. The van der Waals surface area contributed by atoms with Gasteiger partial charge in [0.15, 0.2) is 0 Å². The number of aromatic nitrogens is 3. The van der Waals surface area contributed by atoms with E-state index in [9.17, 15) is 4.79 Å². The van der Waals surface area contributed by atoms with Crippen molar-refractivity contribution in [1.82, 2.24) is 14.8 Å².